The molecule has 0 aromatic heterocycles. The zero-order valence-electron chi connectivity index (χ0n) is 12.0. The summed E-state index contributed by atoms with van der Waals surface area (Å²) in [6, 6.07) is 6.91. The van der Waals surface area contributed by atoms with Gasteiger partial charge in [-0.15, -0.1) is 12.4 Å². The van der Waals surface area contributed by atoms with E-state index in [1.54, 1.807) is 45.2 Å². The van der Waals surface area contributed by atoms with Crippen LogP contribution < -0.4 is 15.8 Å². The second kappa shape index (κ2) is 8.79. The lowest BCUT2D eigenvalue weighted by Crippen LogP contribution is -2.40. The Hall–Kier alpha value is -1.30. The van der Waals surface area contributed by atoms with E-state index in [4.69, 9.17) is 10.5 Å². The molecule has 0 aliphatic heterocycles. The maximum atomic E-state index is 11.7. The van der Waals surface area contributed by atoms with Crippen molar-refractivity contribution in [2.75, 3.05) is 13.7 Å². The molecule has 3 unspecified atom stereocenters. The number of carbonyl (C=O) groups excluding carboxylic acids is 1. The predicted molar refractivity (Wildman–Crippen MR) is 81.0 cm³/mol. The van der Waals surface area contributed by atoms with Gasteiger partial charge in [0, 0.05) is 18.5 Å². The minimum Gasteiger partial charge on any atom is -0.497 e. The summed E-state index contributed by atoms with van der Waals surface area (Å²) in [4.78, 5) is 11.7. The Morgan fingerprint density at radius 1 is 1.45 bits per heavy atom. The lowest BCUT2D eigenvalue weighted by molar-refractivity contribution is -0.125. The molecule has 5 nitrogen and oxygen atoms in total. The maximum Gasteiger partial charge on any atom is 0.224 e. The molecule has 1 aromatic carbocycles. The van der Waals surface area contributed by atoms with E-state index >= 15 is 0 Å². The fraction of sp³-hybridized carbons (Fsp3) is 0.500. The van der Waals surface area contributed by atoms with Crippen LogP contribution >= 0.6 is 12.4 Å². The van der Waals surface area contributed by atoms with Crippen molar-refractivity contribution in [3.05, 3.63) is 29.8 Å². The number of carbonyl (C=O) groups is 1. The highest BCUT2D eigenvalue weighted by molar-refractivity contribution is 5.85. The molecule has 0 heterocycles. The number of hydrogen-bond donors (Lipinski definition) is 3. The number of hydrogen-bond acceptors (Lipinski definition) is 4. The minimum atomic E-state index is -0.765. The topological polar surface area (TPSA) is 84.6 Å². The molecule has 6 heteroatoms. The van der Waals surface area contributed by atoms with Crippen LogP contribution in [0.15, 0.2) is 24.3 Å². The Bertz CT molecular complexity index is 427. The minimum absolute atomic E-state index is 0. The molecule has 4 N–H and O–H groups in total. The van der Waals surface area contributed by atoms with Gasteiger partial charge in [0.05, 0.1) is 13.2 Å². The van der Waals surface area contributed by atoms with Gasteiger partial charge in [0.25, 0.3) is 0 Å². The molecule has 1 amide bonds. The number of aliphatic hydroxyl groups is 1. The van der Waals surface area contributed by atoms with Crippen LogP contribution in [0.1, 0.15) is 25.5 Å². The molecule has 0 saturated heterocycles. The SMILES string of the molecule is COc1cccc(C(O)CNC(=O)C(C)C(C)N)c1.Cl. The first-order chi connectivity index (χ1) is 8.95. The van der Waals surface area contributed by atoms with E-state index in [-0.39, 0.29) is 36.8 Å². The van der Waals surface area contributed by atoms with Gasteiger partial charge in [-0.05, 0) is 24.6 Å². The Kier molecular flexibility index (Phi) is 8.22. The Balaban J connectivity index is 0.00000361. The summed E-state index contributed by atoms with van der Waals surface area (Å²) in [5.41, 5.74) is 6.35. The molecule has 0 aliphatic rings. The second-order valence-electron chi connectivity index (χ2n) is 4.69. The van der Waals surface area contributed by atoms with Gasteiger partial charge in [0.2, 0.25) is 5.91 Å². The number of halogens is 1. The molecule has 114 valence electrons. The molecule has 0 fully saturated rings. The van der Waals surface area contributed by atoms with Crippen molar-refractivity contribution >= 4 is 18.3 Å². The highest BCUT2D eigenvalue weighted by Gasteiger charge is 2.18. The van der Waals surface area contributed by atoms with Crippen molar-refractivity contribution in [1.82, 2.24) is 5.32 Å². The Morgan fingerprint density at radius 2 is 2.10 bits per heavy atom. The predicted octanol–water partition coefficient (Wildman–Crippen LogP) is 1.25. The van der Waals surface area contributed by atoms with Crippen molar-refractivity contribution in [3.63, 3.8) is 0 Å². The number of benzene rings is 1. The van der Waals surface area contributed by atoms with Gasteiger partial charge in [-0.1, -0.05) is 19.1 Å². The summed E-state index contributed by atoms with van der Waals surface area (Å²) in [7, 11) is 1.57. The van der Waals surface area contributed by atoms with Crippen molar-refractivity contribution < 1.29 is 14.6 Å². The summed E-state index contributed by atoms with van der Waals surface area (Å²) in [5.74, 6) is 0.237. The van der Waals surface area contributed by atoms with Crippen LogP contribution in [0.5, 0.6) is 5.75 Å². The highest BCUT2D eigenvalue weighted by atomic mass is 35.5. The highest BCUT2D eigenvalue weighted by Crippen LogP contribution is 2.18. The van der Waals surface area contributed by atoms with Gasteiger partial charge < -0.3 is 20.9 Å². The molecule has 3 atom stereocenters. The summed E-state index contributed by atoms with van der Waals surface area (Å²) in [6.45, 7) is 3.70. The molecule has 0 radical (unpaired) electrons. The third-order valence-electron chi connectivity index (χ3n) is 3.15. The van der Waals surface area contributed by atoms with Gasteiger partial charge in [0.15, 0.2) is 0 Å². The first-order valence-corrected chi connectivity index (χ1v) is 6.31. The monoisotopic (exact) mass is 302 g/mol. The molecule has 0 saturated carbocycles. The molecule has 0 bridgehead atoms. The van der Waals surface area contributed by atoms with E-state index in [0.717, 1.165) is 0 Å². The molecule has 0 aliphatic carbocycles. The fourth-order valence-corrected chi connectivity index (χ4v) is 1.56. The van der Waals surface area contributed by atoms with Crippen molar-refractivity contribution in [2.24, 2.45) is 11.7 Å². The summed E-state index contributed by atoms with van der Waals surface area (Å²) in [5, 5.41) is 12.7. The number of aliphatic hydroxyl groups excluding tert-OH is 1. The summed E-state index contributed by atoms with van der Waals surface area (Å²) < 4.78 is 5.09. The average molecular weight is 303 g/mol. The van der Waals surface area contributed by atoms with Crippen LogP contribution in [-0.2, 0) is 4.79 Å². The van der Waals surface area contributed by atoms with E-state index in [1.165, 1.54) is 0 Å². The number of nitrogens with two attached hydrogens (primary N) is 1. The summed E-state index contributed by atoms with van der Waals surface area (Å²) >= 11 is 0. The van der Waals surface area contributed by atoms with Crippen LogP contribution in [0.3, 0.4) is 0 Å². The van der Waals surface area contributed by atoms with Gasteiger partial charge in [-0.25, -0.2) is 0 Å². The zero-order chi connectivity index (χ0) is 14.4. The zero-order valence-corrected chi connectivity index (χ0v) is 12.8. The van der Waals surface area contributed by atoms with Crippen molar-refractivity contribution in [2.45, 2.75) is 26.0 Å². The number of rotatable bonds is 6. The average Bonchev–Trinajstić information content (AvgIpc) is 2.43. The van der Waals surface area contributed by atoms with E-state index in [1.807, 2.05) is 0 Å². The van der Waals surface area contributed by atoms with Crippen molar-refractivity contribution in [1.29, 1.82) is 0 Å². The fourth-order valence-electron chi connectivity index (χ4n) is 1.56. The molecule has 1 aromatic rings. The van der Waals surface area contributed by atoms with Crippen LogP contribution in [-0.4, -0.2) is 30.7 Å². The van der Waals surface area contributed by atoms with Gasteiger partial charge >= 0.3 is 0 Å². The Labute approximate surface area is 125 Å². The molecular weight excluding hydrogens is 280 g/mol. The first-order valence-electron chi connectivity index (χ1n) is 6.31. The van der Waals surface area contributed by atoms with Crippen LogP contribution in [0.2, 0.25) is 0 Å². The Morgan fingerprint density at radius 3 is 2.65 bits per heavy atom. The lowest BCUT2D eigenvalue weighted by atomic mass is 10.0. The first kappa shape index (κ1) is 18.7. The number of ether oxygens (including phenoxy) is 1. The van der Waals surface area contributed by atoms with E-state index < -0.39 is 6.10 Å². The maximum absolute atomic E-state index is 11.7. The number of methoxy groups -OCH3 is 1. The second-order valence-corrected chi connectivity index (χ2v) is 4.69. The summed E-state index contributed by atoms with van der Waals surface area (Å²) in [6.07, 6.45) is -0.765. The number of amides is 1. The van der Waals surface area contributed by atoms with E-state index in [0.29, 0.717) is 11.3 Å². The quantitative estimate of drug-likeness (QED) is 0.738. The molecule has 1 rings (SSSR count). The third kappa shape index (κ3) is 5.36. The smallest absolute Gasteiger partial charge is 0.224 e. The van der Waals surface area contributed by atoms with Crippen LogP contribution in [0.25, 0.3) is 0 Å². The van der Waals surface area contributed by atoms with E-state index in [2.05, 4.69) is 5.32 Å². The van der Waals surface area contributed by atoms with Gasteiger partial charge in [-0.2, -0.15) is 0 Å². The molecule has 20 heavy (non-hydrogen) atoms. The van der Waals surface area contributed by atoms with Gasteiger partial charge in [-0.3, -0.25) is 4.79 Å². The third-order valence-corrected chi connectivity index (χ3v) is 3.15. The van der Waals surface area contributed by atoms with Crippen LogP contribution in [0.4, 0.5) is 0 Å². The van der Waals surface area contributed by atoms with Crippen molar-refractivity contribution in [3.8, 4) is 5.75 Å². The molecule has 0 spiro atoms. The normalized spacial score (nSPS) is 14.7. The van der Waals surface area contributed by atoms with Gasteiger partial charge in [0.1, 0.15) is 5.75 Å². The number of nitrogens with one attached hydrogen (secondary N) is 1. The van der Waals surface area contributed by atoms with E-state index in [9.17, 15) is 9.90 Å². The standard InChI is InChI=1S/C14H22N2O3.ClH/c1-9(10(2)15)14(18)16-8-13(17)11-5-4-6-12(7-11)19-3;/h4-7,9-10,13,17H,8,15H2,1-3H3,(H,16,18);1H. The molecular formula is C14H23ClN2O3. The van der Waals surface area contributed by atoms with Crippen LogP contribution in [0, 0.1) is 5.92 Å². The largest absolute Gasteiger partial charge is 0.497 e. The lowest BCUT2D eigenvalue weighted by Gasteiger charge is -2.18.